The first-order chi connectivity index (χ1) is 11.0. The van der Waals surface area contributed by atoms with Gasteiger partial charge in [-0.1, -0.05) is 32.0 Å². The van der Waals surface area contributed by atoms with Gasteiger partial charge in [-0.25, -0.2) is 0 Å². The van der Waals surface area contributed by atoms with Crippen LogP contribution in [0.4, 0.5) is 14.5 Å². The molecule has 0 radical (unpaired) electrons. The number of carbonyl (C=O) groups excluding carboxylic acids is 1. The van der Waals surface area contributed by atoms with Crippen molar-refractivity contribution >= 4 is 11.6 Å². The number of rotatable bonds is 6. The zero-order chi connectivity index (χ0) is 16.8. The van der Waals surface area contributed by atoms with Crippen molar-refractivity contribution in [3.8, 4) is 5.75 Å². The number of hydrogen-bond acceptors (Lipinski definition) is 2. The number of hydrogen-bond donors (Lipinski definition) is 1. The van der Waals surface area contributed by atoms with Gasteiger partial charge in [0, 0.05) is 11.3 Å². The number of ether oxygens (including phenoxy) is 1. The lowest BCUT2D eigenvalue weighted by atomic mass is 9.98. The highest BCUT2D eigenvalue weighted by Crippen LogP contribution is 2.21. The summed E-state index contributed by atoms with van der Waals surface area (Å²) in [5, 5.41) is 2.74. The molecule has 2 aromatic rings. The Labute approximate surface area is 134 Å². The lowest BCUT2D eigenvalue weighted by Crippen LogP contribution is -2.12. The molecule has 1 unspecified atom stereocenters. The average molecular weight is 319 g/mol. The third kappa shape index (κ3) is 4.77. The molecule has 0 saturated heterocycles. The predicted octanol–water partition coefficient (Wildman–Crippen LogP) is 5.05. The summed E-state index contributed by atoms with van der Waals surface area (Å²) in [4.78, 5) is 12.2. The summed E-state index contributed by atoms with van der Waals surface area (Å²) >= 11 is 0. The van der Waals surface area contributed by atoms with Gasteiger partial charge in [0.2, 0.25) is 0 Å². The summed E-state index contributed by atoms with van der Waals surface area (Å²) < 4.78 is 28.7. The van der Waals surface area contributed by atoms with Crippen molar-refractivity contribution in [2.24, 2.45) is 0 Å². The van der Waals surface area contributed by atoms with Gasteiger partial charge in [0.1, 0.15) is 5.75 Å². The van der Waals surface area contributed by atoms with Gasteiger partial charge >= 0.3 is 6.61 Å². The average Bonchev–Trinajstić information content (AvgIpc) is 2.54. The predicted molar refractivity (Wildman–Crippen MR) is 86.2 cm³/mol. The van der Waals surface area contributed by atoms with Crippen molar-refractivity contribution in [2.45, 2.75) is 32.8 Å². The van der Waals surface area contributed by atoms with Crippen LogP contribution in [-0.2, 0) is 0 Å². The second-order valence-electron chi connectivity index (χ2n) is 5.29. The van der Waals surface area contributed by atoms with Gasteiger partial charge in [0.05, 0.1) is 0 Å². The van der Waals surface area contributed by atoms with E-state index < -0.39 is 6.61 Å². The number of anilines is 1. The van der Waals surface area contributed by atoms with Crippen LogP contribution < -0.4 is 10.1 Å². The molecule has 0 aliphatic carbocycles. The number of benzene rings is 2. The lowest BCUT2D eigenvalue weighted by Gasteiger charge is -2.11. The summed E-state index contributed by atoms with van der Waals surface area (Å²) in [6, 6.07) is 13.3. The zero-order valence-corrected chi connectivity index (χ0v) is 13.1. The van der Waals surface area contributed by atoms with Crippen molar-refractivity contribution in [1.29, 1.82) is 0 Å². The third-order valence-electron chi connectivity index (χ3n) is 3.67. The maximum atomic E-state index is 12.2. The van der Waals surface area contributed by atoms with Crippen LogP contribution in [0.1, 0.15) is 42.1 Å². The monoisotopic (exact) mass is 319 g/mol. The summed E-state index contributed by atoms with van der Waals surface area (Å²) in [5.74, 6) is 0.0451. The topological polar surface area (TPSA) is 38.3 Å². The van der Waals surface area contributed by atoms with Crippen molar-refractivity contribution < 1.29 is 18.3 Å². The Morgan fingerprint density at radius 3 is 2.48 bits per heavy atom. The molecule has 0 aliphatic rings. The molecular weight excluding hydrogens is 300 g/mol. The highest BCUT2D eigenvalue weighted by atomic mass is 19.3. The van der Waals surface area contributed by atoms with Gasteiger partial charge in [-0.15, -0.1) is 0 Å². The molecule has 5 heteroatoms. The Bertz CT molecular complexity index is 656. The minimum Gasteiger partial charge on any atom is -0.435 e. The number of alkyl halides is 2. The summed E-state index contributed by atoms with van der Waals surface area (Å²) in [6.45, 7) is 1.35. The molecule has 122 valence electrons. The summed E-state index contributed by atoms with van der Waals surface area (Å²) in [6.07, 6.45) is 1.04. The highest BCUT2D eigenvalue weighted by molar-refractivity contribution is 6.04. The fourth-order valence-electron chi connectivity index (χ4n) is 2.15. The van der Waals surface area contributed by atoms with Gasteiger partial charge in [0.25, 0.3) is 5.91 Å². The lowest BCUT2D eigenvalue weighted by molar-refractivity contribution is -0.0498. The molecule has 1 amide bonds. The normalized spacial score (nSPS) is 12.0. The second-order valence-corrected chi connectivity index (χ2v) is 5.29. The molecule has 0 aliphatic heterocycles. The van der Waals surface area contributed by atoms with Crippen LogP contribution in [0.2, 0.25) is 0 Å². The van der Waals surface area contributed by atoms with Crippen LogP contribution in [0.15, 0.2) is 48.5 Å². The van der Waals surface area contributed by atoms with Crippen LogP contribution in [0.3, 0.4) is 0 Å². The third-order valence-corrected chi connectivity index (χ3v) is 3.67. The van der Waals surface area contributed by atoms with Crippen LogP contribution in [0.25, 0.3) is 0 Å². The second kappa shape index (κ2) is 7.72. The molecule has 1 N–H and O–H groups in total. The van der Waals surface area contributed by atoms with Crippen molar-refractivity contribution in [1.82, 2.24) is 0 Å². The fraction of sp³-hybridized carbons (Fsp3) is 0.278. The quantitative estimate of drug-likeness (QED) is 0.808. The molecule has 1 atom stereocenters. The Morgan fingerprint density at radius 1 is 1.17 bits per heavy atom. The van der Waals surface area contributed by atoms with Crippen LogP contribution in [0.5, 0.6) is 5.75 Å². The summed E-state index contributed by atoms with van der Waals surface area (Å²) in [5.41, 5.74) is 2.12. The SMILES string of the molecule is CCC(C)c1ccc(NC(=O)c2cccc(OC(F)F)c2)cc1. The standard InChI is InChI=1S/C18H19F2NO2/c1-3-12(2)13-7-9-15(10-8-13)21-17(22)14-5-4-6-16(11-14)23-18(19)20/h4-12,18H,3H2,1-2H3,(H,21,22). The number of nitrogens with one attached hydrogen (secondary N) is 1. The Kier molecular flexibility index (Phi) is 5.68. The van der Waals surface area contributed by atoms with E-state index in [9.17, 15) is 13.6 Å². The first-order valence-electron chi connectivity index (χ1n) is 7.45. The number of amides is 1. The first-order valence-corrected chi connectivity index (χ1v) is 7.45. The first kappa shape index (κ1) is 16.9. The largest absolute Gasteiger partial charge is 0.435 e. The summed E-state index contributed by atoms with van der Waals surface area (Å²) in [7, 11) is 0. The molecule has 3 nitrogen and oxygen atoms in total. The molecule has 0 saturated carbocycles. The van der Waals surface area contributed by atoms with E-state index >= 15 is 0 Å². The maximum Gasteiger partial charge on any atom is 0.387 e. The minimum atomic E-state index is -2.92. The van der Waals surface area contributed by atoms with E-state index in [4.69, 9.17) is 0 Å². The molecule has 0 bridgehead atoms. The Balaban J connectivity index is 2.07. The maximum absolute atomic E-state index is 12.2. The smallest absolute Gasteiger partial charge is 0.387 e. The molecule has 2 rings (SSSR count). The van der Waals surface area contributed by atoms with E-state index in [0.29, 0.717) is 11.6 Å². The highest BCUT2D eigenvalue weighted by Gasteiger charge is 2.10. The molecule has 0 aromatic heterocycles. The van der Waals surface area contributed by atoms with Crippen LogP contribution in [0, 0.1) is 0 Å². The zero-order valence-electron chi connectivity index (χ0n) is 13.1. The molecule has 0 heterocycles. The van der Waals surface area contributed by atoms with E-state index in [1.807, 2.05) is 24.3 Å². The van der Waals surface area contributed by atoms with Gasteiger partial charge < -0.3 is 10.1 Å². The molecular formula is C18H19F2NO2. The van der Waals surface area contributed by atoms with Crippen molar-refractivity contribution in [3.63, 3.8) is 0 Å². The molecule has 0 spiro atoms. The Hall–Kier alpha value is -2.43. The van der Waals surface area contributed by atoms with Crippen LogP contribution in [-0.4, -0.2) is 12.5 Å². The van der Waals surface area contributed by atoms with Gasteiger partial charge in [-0.05, 0) is 48.2 Å². The number of halogens is 2. The molecule has 2 aromatic carbocycles. The Morgan fingerprint density at radius 2 is 1.87 bits per heavy atom. The van der Waals surface area contributed by atoms with Gasteiger partial charge in [0.15, 0.2) is 0 Å². The van der Waals surface area contributed by atoms with E-state index in [1.54, 1.807) is 6.07 Å². The van der Waals surface area contributed by atoms with Crippen molar-refractivity contribution in [3.05, 3.63) is 59.7 Å². The van der Waals surface area contributed by atoms with Gasteiger partial charge in [-0.3, -0.25) is 4.79 Å². The van der Waals surface area contributed by atoms with E-state index in [0.717, 1.165) is 6.42 Å². The van der Waals surface area contributed by atoms with E-state index in [2.05, 4.69) is 23.9 Å². The van der Waals surface area contributed by atoms with Crippen molar-refractivity contribution in [2.75, 3.05) is 5.32 Å². The fourth-order valence-corrected chi connectivity index (χ4v) is 2.15. The van der Waals surface area contributed by atoms with Crippen LogP contribution >= 0.6 is 0 Å². The molecule has 0 fully saturated rings. The van der Waals surface area contributed by atoms with Gasteiger partial charge in [-0.2, -0.15) is 8.78 Å². The molecule has 23 heavy (non-hydrogen) atoms. The van der Waals surface area contributed by atoms with E-state index in [1.165, 1.54) is 23.8 Å². The minimum absolute atomic E-state index is 0.0419. The van der Waals surface area contributed by atoms with E-state index in [-0.39, 0.29) is 17.2 Å². The number of carbonyl (C=O) groups is 1.